The van der Waals surface area contributed by atoms with Gasteiger partial charge in [0, 0.05) is 12.2 Å². The van der Waals surface area contributed by atoms with Crippen LogP contribution in [0.5, 0.6) is 11.5 Å². The monoisotopic (exact) mass is 384 g/mol. The summed E-state index contributed by atoms with van der Waals surface area (Å²) >= 11 is 1.33. The molecule has 0 aliphatic heterocycles. The molecule has 1 N–H and O–H groups in total. The number of methoxy groups -OCH3 is 2. The zero-order valence-electron chi connectivity index (χ0n) is 15.1. The van der Waals surface area contributed by atoms with Crippen LogP contribution in [0.2, 0.25) is 0 Å². The second-order valence-electron chi connectivity index (χ2n) is 5.60. The van der Waals surface area contributed by atoms with Gasteiger partial charge in [-0.05, 0) is 42.0 Å². The molecule has 3 rings (SSSR count). The number of benzene rings is 2. The molecule has 1 heterocycles. The maximum atomic E-state index is 12.1. The van der Waals surface area contributed by atoms with Crippen molar-refractivity contribution in [3.05, 3.63) is 60.4 Å². The van der Waals surface area contributed by atoms with E-state index in [1.807, 2.05) is 53.1 Å². The Bertz CT molecular complexity index is 879. The predicted octanol–water partition coefficient (Wildman–Crippen LogP) is 2.69. The molecule has 1 amide bonds. The molecule has 1 aromatic heterocycles. The molecule has 0 atom stereocenters. The fourth-order valence-electron chi connectivity index (χ4n) is 2.37. The molecule has 0 bridgehead atoms. The van der Waals surface area contributed by atoms with Gasteiger partial charge in [0.25, 0.3) is 0 Å². The SMILES string of the molecule is COc1ccc(CNC(=O)CSc2nncn2-c2ccc(OC)cc2)cc1. The first-order valence-corrected chi connectivity index (χ1v) is 9.25. The van der Waals surface area contributed by atoms with Crippen LogP contribution in [0, 0.1) is 0 Å². The van der Waals surface area contributed by atoms with Crippen LogP contribution in [-0.2, 0) is 11.3 Å². The lowest BCUT2D eigenvalue weighted by atomic mass is 10.2. The quantitative estimate of drug-likeness (QED) is 0.602. The van der Waals surface area contributed by atoms with Gasteiger partial charge in [-0.25, -0.2) is 0 Å². The Kier molecular flexibility index (Phi) is 6.32. The van der Waals surface area contributed by atoms with E-state index in [-0.39, 0.29) is 11.7 Å². The molecule has 0 spiro atoms. The summed E-state index contributed by atoms with van der Waals surface area (Å²) in [5, 5.41) is 11.6. The smallest absolute Gasteiger partial charge is 0.230 e. The summed E-state index contributed by atoms with van der Waals surface area (Å²) in [4.78, 5) is 12.1. The highest BCUT2D eigenvalue weighted by Gasteiger charge is 2.10. The molecule has 0 aliphatic carbocycles. The summed E-state index contributed by atoms with van der Waals surface area (Å²) in [6.07, 6.45) is 1.62. The summed E-state index contributed by atoms with van der Waals surface area (Å²) in [7, 11) is 3.25. The van der Waals surface area contributed by atoms with Gasteiger partial charge in [-0.1, -0.05) is 23.9 Å². The Morgan fingerprint density at radius 1 is 1.04 bits per heavy atom. The number of rotatable bonds is 8. The lowest BCUT2D eigenvalue weighted by molar-refractivity contribution is -0.118. The van der Waals surface area contributed by atoms with E-state index in [0.717, 1.165) is 22.7 Å². The molecule has 8 heteroatoms. The van der Waals surface area contributed by atoms with Gasteiger partial charge in [0.15, 0.2) is 5.16 Å². The fourth-order valence-corrected chi connectivity index (χ4v) is 3.13. The summed E-state index contributed by atoms with van der Waals surface area (Å²) in [6.45, 7) is 0.467. The van der Waals surface area contributed by atoms with Crippen LogP contribution in [0.25, 0.3) is 5.69 Å². The third-order valence-corrected chi connectivity index (χ3v) is 4.79. The molecule has 0 saturated carbocycles. The van der Waals surface area contributed by atoms with Gasteiger partial charge in [-0.3, -0.25) is 9.36 Å². The summed E-state index contributed by atoms with van der Waals surface area (Å²) in [5.41, 5.74) is 1.91. The summed E-state index contributed by atoms with van der Waals surface area (Å²) in [5.74, 6) is 1.75. The van der Waals surface area contributed by atoms with E-state index in [9.17, 15) is 4.79 Å². The number of hydrogen-bond donors (Lipinski definition) is 1. The lowest BCUT2D eigenvalue weighted by Crippen LogP contribution is -2.24. The Morgan fingerprint density at radius 2 is 1.67 bits per heavy atom. The maximum Gasteiger partial charge on any atom is 0.230 e. The van der Waals surface area contributed by atoms with Crippen LogP contribution in [0.4, 0.5) is 0 Å². The van der Waals surface area contributed by atoms with E-state index in [4.69, 9.17) is 9.47 Å². The number of nitrogens with zero attached hydrogens (tertiary/aromatic N) is 3. The standard InChI is InChI=1S/C19H20N4O3S/c1-25-16-7-3-14(4-8-16)11-20-18(24)12-27-19-22-21-13-23(19)15-5-9-17(26-2)10-6-15/h3-10,13H,11-12H2,1-2H3,(H,20,24). The highest BCUT2D eigenvalue weighted by Crippen LogP contribution is 2.21. The van der Waals surface area contributed by atoms with E-state index in [0.29, 0.717) is 11.7 Å². The average Bonchev–Trinajstić information content (AvgIpc) is 3.19. The van der Waals surface area contributed by atoms with Gasteiger partial charge in [-0.2, -0.15) is 0 Å². The minimum atomic E-state index is -0.0694. The van der Waals surface area contributed by atoms with E-state index in [1.54, 1.807) is 20.5 Å². The number of nitrogens with one attached hydrogen (secondary N) is 1. The van der Waals surface area contributed by atoms with Crippen molar-refractivity contribution < 1.29 is 14.3 Å². The van der Waals surface area contributed by atoms with Crippen molar-refractivity contribution in [3.8, 4) is 17.2 Å². The van der Waals surface area contributed by atoms with Crippen LogP contribution in [0.3, 0.4) is 0 Å². The second-order valence-corrected chi connectivity index (χ2v) is 6.54. The van der Waals surface area contributed by atoms with Crippen molar-refractivity contribution in [3.63, 3.8) is 0 Å². The van der Waals surface area contributed by atoms with Gasteiger partial charge >= 0.3 is 0 Å². The fraction of sp³-hybridized carbons (Fsp3) is 0.211. The van der Waals surface area contributed by atoms with Gasteiger partial charge < -0.3 is 14.8 Å². The molecule has 7 nitrogen and oxygen atoms in total. The molecular weight excluding hydrogens is 364 g/mol. The third-order valence-electron chi connectivity index (χ3n) is 3.85. The Balaban J connectivity index is 1.53. The van der Waals surface area contributed by atoms with Gasteiger partial charge in [-0.15, -0.1) is 10.2 Å². The predicted molar refractivity (Wildman–Crippen MR) is 103 cm³/mol. The third kappa shape index (κ3) is 5.01. The van der Waals surface area contributed by atoms with Crippen LogP contribution in [-0.4, -0.2) is 40.6 Å². The minimum Gasteiger partial charge on any atom is -0.497 e. The normalized spacial score (nSPS) is 10.4. The molecular formula is C19H20N4O3S. The number of aromatic nitrogens is 3. The zero-order chi connectivity index (χ0) is 19.1. The first kappa shape index (κ1) is 18.8. The zero-order valence-corrected chi connectivity index (χ0v) is 15.9. The lowest BCUT2D eigenvalue weighted by Gasteiger charge is -2.08. The summed E-state index contributed by atoms with van der Waals surface area (Å²) < 4.78 is 12.1. The van der Waals surface area contributed by atoms with E-state index >= 15 is 0 Å². The number of thioether (sulfide) groups is 1. The van der Waals surface area contributed by atoms with Crippen molar-refractivity contribution in [2.45, 2.75) is 11.7 Å². The Morgan fingerprint density at radius 3 is 2.30 bits per heavy atom. The van der Waals surface area contributed by atoms with Crippen molar-refractivity contribution in [2.75, 3.05) is 20.0 Å². The van der Waals surface area contributed by atoms with E-state index in [2.05, 4.69) is 15.5 Å². The first-order valence-electron chi connectivity index (χ1n) is 8.26. The van der Waals surface area contributed by atoms with Crippen LogP contribution in [0.15, 0.2) is 60.0 Å². The van der Waals surface area contributed by atoms with E-state index < -0.39 is 0 Å². The Labute approximate surface area is 161 Å². The average molecular weight is 384 g/mol. The van der Waals surface area contributed by atoms with Crippen molar-refractivity contribution in [1.82, 2.24) is 20.1 Å². The molecule has 0 saturated heterocycles. The van der Waals surface area contributed by atoms with Crippen molar-refractivity contribution >= 4 is 17.7 Å². The number of amides is 1. The van der Waals surface area contributed by atoms with Crippen LogP contribution < -0.4 is 14.8 Å². The highest BCUT2D eigenvalue weighted by atomic mass is 32.2. The largest absolute Gasteiger partial charge is 0.497 e. The van der Waals surface area contributed by atoms with Gasteiger partial charge in [0.2, 0.25) is 5.91 Å². The number of carbonyl (C=O) groups excluding carboxylic acids is 1. The van der Waals surface area contributed by atoms with E-state index in [1.165, 1.54) is 11.8 Å². The Hall–Kier alpha value is -3.00. The van der Waals surface area contributed by atoms with Crippen LogP contribution >= 0.6 is 11.8 Å². The molecule has 0 radical (unpaired) electrons. The second kappa shape index (κ2) is 9.09. The number of ether oxygens (including phenoxy) is 2. The van der Waals surface area contributed by atoms with Gasteiger partial charge in [0.1, 0.15) is 17.8 Å². The molecule has 0 aliphatic rings. The van der Waals surface area contributed by atoms with Gasteiger partial charge in [0.05, 0.1) is 20.0 Å². The molecule has 0 unspecified atom stereocenters. The number of carbonyl (C=O) groups is 1. The van der Waals surface area contributed by atoms with Crippen molar-refractivity contribution in [2.24, 2.45) is 0 Å². The molecule has 140 valence electrons. The minimum absolute atomic E-state index is 0.0694. The summed E-state index contributed by atoms with van der Waals surface area (Å²) in [6, 6.07) is 15.1. The number of hydrogen-bond acceptors (Lipinski definition) is 6. The first-order chi connectivity index (χ1) is 13.2. The molecule has 3 aromatic rings. The molecule has 27 heavy (non-hydrogen) atoms. The maximum absolute atomic E-state index is 12.1. The molecule has 0 fully saturated rings. The topological polar surface area (TPSA) is 78.3 Å². The van der Waals surface area contributed by atoms with Crippen molar-refractivity contribution in [1.29, 1.82) is 0 Å². The van der Waals surface area contributed by atoms with Crippen LogP contribution in [0.1, 0.15) is 5.56 Å². The molecule has 2 aromatic carbocycles. The highest BCUT2D eigenvalue weighted by molar-refractivity contribution is 7.99.